The highest BCUT2D eigenvalue weighted by Gasteiger charge is 2.27. The summed E-state index contributed by atoms with van der Waals surface area (Å²) >= 11 is 6.93. The Bertz CT molecular complexity index is 1060. The number of likely N-dealkylation sites (tertiary alicyclic amines) is 1. The fourth-order valence-corrected chi connectivity index (χ4v) is 6.29. The molecule has 1 fully saturated rings. The van der Waals surface area contributed by atoms with Crippen LogP contribution in [0.2, 0.25) is 0 Å². The first kappa shape index (κ1) is 27.1. The van der Waals surface area contributed by atoms with Crippen molar-refractivity contribution in [3.05, 3.63) is 44.3 Å². The van der Waals surface area contributed by atoms with E-state index in [9.17, 15) is 4.79 Å². The SMILES string of the molecule is COc1cc2c(cc1OC)CC(=O)N(CC1CCCN(CCCOc3cc(Br)c(N)c(Br)c3)C1)CC2. The number of nitrogen functional groups attached to an aromatic ring is 1. The molecule has 2 aromatic carbocycles. The number of carbonyl (C=O) groups excluding carboxylic acids is 1. The molecule has 1 amide bonds. The number of ether oxygens (including phenoxy) is 3. The van der Waals surface area contributed by atoms with Crippen molar-refractivity contribution >= 4 is 43.5 Å². The highest BCUT2D eigenvalue weighted by atomic mass is 79.9. The summed E-state index contributed by atoms with van der Waals surface area (Å²) in [6, 6.07) is 7.79. The molecule has 1 saturated heterocycles. The van der Waals surface area contributed by atoms with Gasteiger partial charge in [-0.25, -0.2) is 0 Å². The molecule has 7 nitrogen and oxygen atoms in total. The van der Waals surface area contributed by atoms with Crippen LogP contribution in [-0.4, -0.2) is 69.3 Å². The first-order valence-corrected chi connectivity index (χ1v) is 14.1. The number of anilines is 1. The number of halogens is 2. The number of carbonyl (C=O) groups is 1. The van der Waals surface area contributed by atoms with E-state index in [4.69, 9.17) is 19.9 Å². The summed E-state index contributed by atoms with van der Waals surface area (Å²) in [6.07, 6.45) is 4.54. The molecule has 2 heterocycles. The Hall–Kier alpha value is -1.97. The van der Waals surface area contributed by atoms with Gasteiger partial charge in [0.05, 0.1) is 32.9 Å². The van der Waals surface area contributed by atoms with Crippen molar-refractivity contribution in [2.24, 2.45) is 5.92 Å². The summed E-state index contributed by atoms with van der Waals surface area (Å²) in [4.78, 5) is 17.7. The van der Waals surface area contributed by atoms with Crippen molar-refractivity contribution in [1.29, 1.82) is 0 Å². The smallest absolute Gasteiger partial charge is 0.227 e. The van der Waals surface area contributed by atoms with E-state index in [1.54, 1.807) is 14.2 Å². The molecule has 2 aliphatic rings. The number of hydrogen-bond donors (Lipinski definition) is 1. The predicted molar refractivity (Wildman–Crippen MR) is 149 cm³/mol. The molecule has 2 aliphatic heterocycles. The largest absolute Gasteiger partial charge is 0.493 e. The summed E-state index contributed by atoms with van der Waals surface area (Å²) < 4.78 is 18.5. The van der Waals surface area contributed by atoms with Crippen molar-refractivity contribution in [3.63, 3.8) is 0 Å². The number of piperidine rings is 1. The zero-order valence-electron chi connectivity index (χ0n) is 21.0. The quantitative estimate of drug-likeness (QED) is 0.315. The van der Waals surface area contributed by atoms with Gasteiger partial charge < -0.3 is 29.7 Å². The third kappa shape index (κ3) is 6.66. The molecule has 0 radical (unpaired) electrons. The highest BCUT2D eigenvalue weighted by Crippen LogP contribution is 2.34. The Kier molecular flexibility index (Phi) is 9.41. The first-order chi connectivity index (χ1) is 17.4. The molecular weight excluding hydrogens is 590 g/mol. The fraction of sp³-hybridized carbons (Fsp3) is 0.519. The summed E-state index contributed by atoms with van der Waals surface area (Å²) in [5.74, 6) is 2.90. The topological polar surface area (TPSA) is 77.3 Å². The maximum Gasteiger partial charge on any atom is 0.227 e. The number of nitrogens with two attached hydrogens (primary N) is 1. The van der Waals surface area contributed by atoms with Crippen LogP contribution in [0.15, 0.2) is 33.2 Å². The van der Waals surface area contributed by atoms with Gasteiger partial charge in [-0.15, -0.1) is 0 Å². The standard InChI is InChI=1S/C27H35Br2N3O4/c1-34-24-11-19-6-9-32(26(33)13-20(19)12-25(24)35-2)17-18-5-3-7-31(16-18)8-4-10-36-21-14-22(28)27(30)23(29)15-21/h11-12,14-15,18H,3-10,13,16-17,30H2,1-2H3. The van der Waals surface area contributed by atoms with Crippen LogP contribution < -0.4 is 19.9 Å². The summed E-state index contributed by atoms with van der Waals surface area (Å²) in [7, 11) is 3.28. The van der Waals surface area contributed by atoms with E-state index in [0.717, 1.165) is 71.6 Å². The zero-order valence-corrected chi connectivity index (χ0v) is 24.2. The molecule has 0 bridgehead atoms. The lowest BCUT2D eigenvalue weighted by Crippen LogP contribution is -2.43. The molecule has 9 heteroatoms. The van der Waals surface area contributed by atoms with Gasteiger partial charge in [0.2, 0.25) is 5.91 Å². The van der Waals surface area contributed by atoms with Crippen molar-refractivity contribution in [1.82, 2.24) is 9.80 Å². The van der Waals surface area contributed by atoms with E-state index >= 15 is 0 Å². The van der Waals surface area contributed by atoms with Crippen molar-refractivity contribution < 1.29 is 19.0 Å². The number of nitrogens with zero attached hydrogens (tertiary/aromatic N) is 2. The first-order valence-electron chi connectivity index (χ1n) is 12.5. The Morgan fingerprint density at radius 3 is 2.42 bits per heavy atom. The maximum atomic E-state index is 13.1. The third-order valence-electron chi connectivity index (χ3n) is 7.07. The summed E-state index contributed by atoms with van der Waals surface area (Å²) in [5, 5.41) is 0. The van der Waals surface area contributed by atoms with Crippen molar-refractivity contribution in [2.45, 2.75) is 32.1 Å². The van der Waals surface area contributed by atoms with E-state index in [1.165, 1.54) is 18.4 Å². The van der Waals surface area contributed by atoms with Gasteiger partial charge in [0.25, 0.3) is 0 Å². The average molecular weight is 625 g/mol. The zero-order chi connectivity index (χ0) is 25.7. The lowest BCUT2D eigenvalue weighted by molar-refractivity contribution is -0.131. The van der Waals surface area contributed by atoms with E-state index in [1.807, 2.05) is 24.3 Å². The van der Waals surface area contributed by atoms with E-state index in [0.29, 0.717) is 30.4 Å². The Labute approximate surface area is 230 Å². The van der Waals surface area contributed by atoms with Crippen LogP contribution in [0.1, 0.15) is 30.4 Å². The van der Waals surface area contributed by atoms with Gasteiger partial charge in [0, 0.05) is 35.1 Å². The number of rotatable bonds is 9. The minimum atomic E-state index is 0.201. The van der Waals surface area contributed by atoms with Gasteiger partial charge in [-0.2, -0.15) is 0 Å². The van der Waals surface area contributed by atoms with Crippen molar-refractivity contribution in [2.75, 3.05) is 59.3 Å². The molecule has 0 aliphatic carbocycles. The van der Waals surface area contributed by atoms with Gasteiger partial charge in [-0.05, 0) is 105 Å². The maximum absolute atomic E-state index is 13.1. The second kappa shape index (κ2) is 12.5. The molecular formula is C27H35Br2N3O4. The van der Waals surface area contributed by atoms with Gasteiger partial charge in [0.1, 0.15) is 5.75 Å². The molecule has 1 atom stereocenters. The molecule has 4 rings (SSSR count). The summed E-state index contributed by atoms with van der Waals surface area (Å²) in [6.45, 7) is 5.35. The molecule has 0 aromatic heterocycles. The Morgan fingerprint density at radius 2 is 1.72 bits per heavy atom. The van der Waals surface area contributed by atoms with Crippen LogP contribution >= 0.6 is 31.9 Å². The summed E-state index contributed by atoms with van der Waals surface area (Å²) in [5.41, 5.74) is 8.85. The number of fused-ring (bicyclic) bond motifs is 1. The van der Waals surface area contributed by atoms with Gasteiger partial charge in [-0.3, -0.25) is 4.79 Å². The molecule has 1 unspecified atom stereocenters. The van der Waals surface area contributed by atoms with Crippen LogP contribution in [0.5, 0.6) is 17.2 Å². The molecule has 0 saturated carbocycles. The predicted octanol–water partition coefficient (Wildman–Crippen LogP) is 4.92. The lowest BCUT2D eigenvalue weighted by Gasteiger charge is -2.35. The normalized spacial score (nSPS) is 18.5. The van der Waals surface area contributed by atoms with Crippen LogP contribution in [0.25, 0.3) is 0 Å². The highest BCUT2D eigenvalue weighted by molar-refractivity contribution is 9.11. The minimum absolute atomic E-state index is 0.201. The van der Waals surface area contributed by atoms with Crippen LogP contribution in [0, 0.1) is 5.92 Å². The van der Waals surface area contributed by atoms with Crippen molar-refractivity contribution in [3.8, 4) is 17.2 Å². The Balaban J connectivity index is 1.26. The molecule has 36 heavy (non-hydrogen) atoms. The van der Waals surface area contributed by atoms with E-state index in [-0.39, 0.29) is 5.91 Å². The molecule has 196 valence electrons. The fourth-order valence-electron chi connectivity index (χ4n) is 5.15. The van der Waals surface area contributed by atoms with Crippen LogP contribution in [0.3, 0.4) is 0 Å². The number of benzene rings is 2. The van der Waals surface area contributed by atoms with E-state index < -0.39 is 0 Å². The van der Waals surface area contributed by atoms with Gasteiger partial charge >= 0.3 is 0 Å². The second-order valence-corrected chi connectivity index (χ2v) is 11.3. The average Bonchev–Trinajstić information content (AvgIpc) is 3.02. The third-order valence-corrected chi connectivity index (χ3v) is 8.39. The van der Waals surface area contributed by atoms with Gasteiger partial charge in [-0.1, -0.05) is 0 Å². The minimum Gasteiger partial charge on any atom is -0.493 e. The monoisotopic (exact) mass is 623 g/mol. The molecule has 2 aromatic rings. The van der Waals surface area contributed by atoms with Crippen LogP contribution in [-0.2, 0) is 17.6 Å². The van der Waals surface area contributed by atoms with Crippen LogP contribution in [0.4, 0.5) is 5.69 Å². The Morgan fingerprint density at radius 1 is 1.03 bits per heavy atom. The number of amides is 1. The second-order valence-electron chi connectivity index (χ2n) is 9.55. The van der Waals surface area contributed by atoms with Gasteiger partial charge in [0.15, 0.2) is 11.5 Å². The van der Waals surface area contributed by atoms with E-state index in [2.05, 4.69) is 41.7 Å². The number of hydrogen-bond acceptors (Lipinski definition) is 6. The lowest BCUT2D eigenvalue weighted by atomic mass is 9.97. The molecule has 2 N–H and O–H groups in total. The molecule has 0 spiro atoms. The number of methoxy groups -OCH3 is 2.